The molecule has 22 heavy (non-hydrogen) atoms. The van der Waals surface area contributed by atoms with Gasteiger partial charge in [0.25, 0.3) is 5.91 Å². The van der Waals surface area contributed by atoms with Crippen LogP contribution in [0, 0.1) is 0 Å². The molecule has 7 nitrogen and oxygen atoms in total. The fourth-order valence-electron chi connectivity index (χ4n) is 2.54. The Balaban J connectivity index is 1.71. The van der Waals surface area contributed by atoms with Crippen molar-refractivity contribution in [2.75, 3.05) is 13.2 Å². The quantitative estimate of drug-likeness (QED) is 0.899. The van der Waals surface area contributed by atoms with Crippen molar-refractivity contribution in [2.45, 2.75) is 32.4 Å². The molecule has 0 radical (unpaired) electrons. The molecular formula is C15H19N5O2. The van der Waals surface area contributed by atoms with Gasteiger partial charge in [-0.05, 0) is 42.3 Å². The molecule has 2 aromatic rings. The summed E-state index contributed by atoms with van der Waals surface area (Å²) < 4.78 is 7.21. The molecule has 1 aromatic heterocycles. The van der Waals surface area contributed by atoms with Crippen LogP contribution in [0.15, 0.2) is 24.3 Å². The first kappa shape index (κ1) is 14.6. The van der Waals surface area contributed by atoms with E-state index in [1.807, 2.05) is 25.1 Å². The summed E-state index contributed by atoms with van der Waals surface area (Å²) in [6.07, 6.45) is 2.21. The fraction of sp³-hybridized carbons (Fsp3) is 0.467. The maximum atomic E-state index is 12.3. The van der Waals surface area contributed by atoms with Gasteiger partial charge >= 0.3 is 0 Å². The Kier molecular flexibility index (Phi) is 4.43. The third kappa shape index (κ3) is 3.14. The van der Waals surface area contributed by atoms with Gasteiger partial charge in [0.2, 0.25) is 0 Å². The van der Waals surface area contributed by atoms with Crippen LogP contribution in [-0.2, 0) is 11.3 Å². The van der Waals surface area contributed by atoms with E-state index in [1.54, 1.807) is 10.7 Å². The summed E-state index contributed by atoms with van der Waals surface area (Å²) in [5.74, 6) is 0.559. The molecule has 1 atom stereocenters. The molecule has 1 unspecified atom stereocenters. The minimum atomic E-state index is -0.104. The van der Waals surface area contributed by atoms with Crippen LogP contribution in [0.2, 0.25) is 0 Å². The number of hydrogen-bond acceptors (Lipinski definition) is 5. The van der Waals surface area contributed by atoms with E-state index in [0.717, 1.165) is 25.0 Å². The maximum absolute atomic E-state index is 12.3. The molecular weight excluding hydrogens is 282 g/mol. The van der Waals surface area contributed by atoms with Gasteiger partial charge in [-0.25, -0.2) is 4.68 Å². The van der Waals surface area contributed by atoms with Gasteiger partial charge in [0, 0.05) is 30.8 Å². The number of aryl methyl sites for hydroxylation is 1. The van der Waals surface area contributed by atoms with Crippen molar-refractivity contribution in [3.63, 3.8) is 0 Å². The van der Waals surface area contributed by atoms with Crippen LogP contribution < -0.4 is 5.32 Å². The molecule has 3 rings (SSSR count). The minimum absolute atomic E-state index is 0.104. The normalized spacial score (nSPS) is 17.6. The second-order valence-corrected chi connectivity index (χ2v) is 5.24. The summed E-state index contributed by atoms with van der Waals surface area (Å²) in [5.41, 5.74) is 1.43. The van der Waals surface area contributed by atoms with Crippen LogP contribution >= 0.6 is 0 Å². The van der Waals surface area contributed by atoms with E-state index in [2.05, 4.69) is 20.8 Å². The van der Waals surface area contributed by atoms with E-state index in [4.69, 9.17) is 4.74 Å². The first-order valence-electron chi connectivity index (χ1n) is 7.54. The van der Waals surface area contributed by atoms with Crippen molar-refractivity contribution < 1.29 is 9.53 Å². The van der Waals surface area contributed by atoms with Gasteiger partial charge in [-0.2, -0.15) is 0 Å². The number of hydrogen-bond donors (Lipinski definition) is 1. The van der Waals surface area contributed by atoms with E-state index in [-0.39, 0.29) is 12.0 Å². The lowest BCUT2D eigenvalue weighted by Gasteiger charge is -2.11. The third-order valence-electron chi connectivity index (χ3n) is 3.73. The molecule has 1 fully saturated rings. The number of ether oxygens (including phenoxy) is 1. The summed E-state index contributed by atoms with van der Waals surface area (Å²) in [5, 5.41) is 14.5. The molecule has 1 saturated heterocycles. The Morgan fingerprint density at radius 1 is 1.50 bits per heavy atom. The molecule has 1 aliphatic rings. The molecule has 0 spiro atoms. The number of benzene rings is 1. The van der Waals surface area contributed by atoms with Gasteiger partial charge in [-0.3, -0.25) is 4.79 Å². The maximum Gasteiger partial charge on any atom is 0.251 e. The second-order valence-electron chi connectivity index (χ2n) is 5.24. The molecule has 1 aliphatic heterocycles. The first-order valence-corrected chi connectivity index (χ1v) is 7.54. The SMILES string of the molecule is CCn1nnnc1-c1cccc(C(=O)NCC2CCCO2)c1. The highest BCUT2D eigenvalue weighted by molar-refractivity contribution is 5.95. The molecule has 7 heteroatoms. The van der Waals surface area contributed by atoms with Crippen LogP contribution in [0.4, 0.5) is 0 Å². The summed E-state index contributed by atoms with van der Waals surface area (Å²) in [4.78, 5) is 12.3. The van der Waals surface area contributed by atoms with E-state index >= 15 is 0 Å². The van der Waals surface area contributed by atoms with Crippen molar-refractivity contribution in [1.82, 2.24) is 25.5 Å². The van der Waals surface area contributed by atoms with Crippen LogP contribution in [0.25, 0.3) is 11.4 Å². The zero-order valence-electron chi connectivity index (χ0n) is 12.5. The topological polar surface area (TPSA) is 81.9 Å². The highest BCUT2D eigenvalue weighted by Crippen LogP contribution is 2.17. The highest BCUT2D eigenvalue weighted by Gasteiger charge is 2.17. The van der Waals surface area contributed by atoms with Crippen LogP contribution in [0.5, 0.6) is 0 Å². The Bertz CT molecular complexity index is 649. The number of aromatic nitrogens is 4. The predicted molar refractivity (Wildman–Crippen MR) is 80.2 cm³/mol. The number of carbonyl (C=O) groups is 1. The third-order valence-corrected chi connectivity index (χ3v) is 3.73. The first-order chi connectivity index (χ1) is 10.8. The largest absolute Gasteiger partial charge is 0.376 e. The summed E-state index contributed by atoms with van der Waals surface area (Å²) >= 11 is 0. The minimum Gasteiger partial charge on any atom is -0.376 e. The Morgan fingerprint density at radius 2 is 2.41 bits per heavy atom. The molecule has 1 aromatic carbocycles. The number of nitrogens with one attached hydrogen (secondary N) is 1. The van der Waals surface area contributed by atoms with Crippen LogP contribution in [0.1, 0.15) is 30.1 Å². The van der Waals surface area contributed by atoms with E-state index in [0.29, 0.717) is 24.5 Å². The van der Waals surface area contributed by atoms with E-state index in [9.17, 15) is 4.79 Å². The van der Waals surface area contributed by atoms with Crippen LogP contribution in [0.3, 0.4) is 0 Å². The predicted octanol–water partition coefficient (Wildman–Crippen LogP) is 1.27. The van der Waals surface area contributed by atoms with Gasteiger partial charge in [0.1, 0.15) is 0 Å². The standard InChI is InChI=1S/C15H19N5O2/c1-2-20-14(17-18-19-20)11-5-3-6-12(9-11)15(21)16-10-13-7-4-8-22-13/h3,5-6,9,13H,2,4,7-8,10H2,1H3,(H,16,21). The highest BCUT2D eigenvalue weighted by atomic mass is 16.5. The zero-order valence-corrected chi connectivity index (χ0v) is 12.5. The summed E-state index contributed by atoms with van der Waals surface area (Å²) in [6.45, 7) is 3.99. The van der Waals surface area contributed by atoms with Gasteiger partial charge in [-0.1, -0.05) is 12.1 Å². The van der Waals surface area contributed by atoms with E-state index < -0.39 is 0 Å². The Labute approximate surface area is 128 Å². The number of rotatable bonds is 5. The molecule has 0 aliphatic carbocycles. The van der Waals surface area contributed by atoms with Gasteiger partial charge < -0.3 is 10.1 Å². The van der Waals surface area contributed by atoms with Crippen molar-refractivity contribution in [1.29, 1.82) is 0 Å². The second kappa shape index (κ2) is 6.65. The molecule has 0 saturated carbocycles. The summed E-state index contributed by atoms with van der Waals surface area (Å²) in [6, 6.07) is 7.33. The number of amides is 1. The van der Waals surface area contributed by atoms with Crippen molar-refractivity contribution >= 4 is 5.91 Å². The van der Waals surface area contributed by atoms with Gasteiger partial charge in [0.15, 0.2) is 5.82 Å². The Morgan fingerprint density at radius 3 is 3.18 bits per heavy atom. The van der Waals surface area contributed by atoms with Crippen molar-refractivity contribution in [2.24, 2.45) is 0 Å². The van der Waals surface area contributed by atoms with Crippen molar-refractivity contribution in [3.8, 4) is 11.4 Å². The summed E-state index contributed by atoms with van der Waals surface area (Å²) in [7, 11) is 0. The molecule has 116 valence electrons. The monoisotopic (exact) mass is 301 g/mol. The number of tetrazole rings is 1. The lowest BCUT2D eigenvalue weighted by molar-refractivity contribution is 0.0858. The van der Waals surface area contributed by atoms with Gasteiger partial charge in [0.05, 0.1) is 6.10 Å². The van der Waals surface area contributed by atoms with Crippen molar-refractivity contribution in [3.05, 3.63) is 29.8 Å². The number of carbonyl (C=O) groups excluding carboxylic acids is 1. The molecule has 1 amide bonds. The fourth-order valence-corrected chi connectivity index (χ4v) is 2.54. The smallest absolute Gasteiger partial charge is 0.251 e. The molecule has 0 bridgehead atoms. The lowest BCUT2D eigenvalue weighted by atomic mass is 10.1. The zero-order chi connectivity index (χ0) is 15.4. The molecule has 1 N–H and O–H groups in total. The van der Waals surface area contributed by atoms with Crippen LogP contribution in [-0.4, -0.2) is 45.4 Å². The Hall–Kier alpha value is -2.28. The van der Waals surface area contributed by atoms with E-state index in [1.165, 1.54) is 0 Å². The average molecular weight is 301 g/mol. The van der Waals surface area contributed by atoms with Gasteiger partial charge in [-0.15, -0.1) is 5.10 Å². The number of nitrogens with zero attached hydrogens (tertiary/aromatic N) is 4. The molecule has 2 heterocycles. The lowest BCUT2D eigenvalue weighted by Crippen LogP contribution is -2.31. The average Bonchev–Trinajstić information content (AvgIpc) is 3.23.